The molecule has 0 aromatic carbocycles. The van der Waals surface area contributed by atoms with E-state index in [2.05, 4.69) is 15.3 Å². The number of thiazole rings is 1. The van der Waals surface area contributed by atoms with Crippen LogP contribution in [-0.2, 0) is 11.3 Å². The lowest BCUT2D eigenvalue weighted by molar-refractivity contribution is 0.0519. The Kier molecular flexibility index (Phi) is 4.85. The van der Waals surface area contributed by atoms with Crippen molar-refractivity contribution >= 4 is 23.1 Å². The molecule has 0 atom stereocenters. The highest BCUT2D eigenvalue weighted by molar-refractivity contribution is 7.11. The second-order valence-electron chi connectivity index (χ2n) is 4.13. The van der Waals surface area contributed by atoms with E-state index in [9.17, 15) is 4.79 Å². The highest BCUT2D eigenvalue weighted by atomic mass is 32.1. The predicted molar refractivity (Wildman–Crippen MR) is 79.1 cm³/mol. The van der Waals surface area contributed by atoms with Crippen LogP contribution in [0.1, 0.15) is 32.9 Å². The van der Waals surface area contributed by atoms with E-state index in [4.69, 9.17) is 10.00 Å². The summed E-state index contributed by atoms with van der Waals surface area (Å²) in [5, 5.41) is 12.6. The number of aromatic nitrogens is 2. The molecular weight excluding hydrogens is 288 g/mol. The zero-order valence-electron chi connectivity index (χ0n) is 11.7. The number of hydrogen-bond donors (Lipinski definition) is 1. The van der Waals surface area contributed by atoms with Gasteiger partial charge in [0, 0.05) is 11.1 Å². The molecule has 2 aromatic rings. The average Bonchev–Trinajstić information content (AvgIpc) is 2.87. The van der Waals surface area contributed by atoms with Crippen molar-refractivity contribution < 1.29 is 9.53 Å². The Hall–Kier alpha value is -2.46. The fourth-order valence-electron chi connectivity index (χ4n) is 1.65. The molecule has 2 aromatic heterocycles. The Labute approximate surface area is 126 Å². The molecule has 0 unspecified atom stereocenters. The lowest BCUT2D eigenvalue weighted by Crippen LogP contribution is -2.07. The van der Waals surface area contributed by atoms with Crippen molar-refractivity contribution in [3.05, 3.63) is 39.5 Å². The highest BCUT2D eigenvalue weighted by Crippen LogP contribution is 2.19. The number of rotatable bonds is 5. The van der Waals surface area contributed by atoms with E-state index in [1.807, 2.05) is 13.0 Å². The summed E-state index contributed by atoms with van der Waals surface area (Å²) in [6.07, 6.45) is 1.50. The fourth-order valence-corrected chi connectivity index (χ4v) is 2.51. The minimum absolute atomic E-state index is 0.332. The number of hydrogen-bond acceptors (Lipinski definition) is 7. The highest BCUT2D eigenvalue weighted by Gasteiger charge is 2.16. The van der Waals surface area contributed by atoms with E-state index in [1.165, 1.54) is 17.5 Å². The van der Waals surface area contributed by atoms with Crippen LogP contribution >= 0.6 is 11.3 Å². The van der Waals surface area contributed by atoms with Crippen molar-refractivity contribution in [3.63, 3.8) is 0 Å². The topological polar surface area (TPSA) is 87.9 Å². The van der Waals surface area contributed by atoms with Crippen LogP contribution in [0, 0.1) is 18.3 Å². The van der Waals surface area contributed by atoms with E-state index in [-0.39, 0.29) is 0 Å². The van der Waals surface area contributed by atoms with Crippen LogP contribution in [0.15, 0.2) is 18.3 Å². The summed E-state index contributed by atoms with van der Waals surface area (Å²) in [7, 11) is 0. The van der Waals surface area contributed by atoms with Gasteiger partial charge < -0.3 is 10.1 Å². The summed E-state index contributed by atoms with van der Waals surface area (Å²) in [4.78, 5) is 20.9. The molecule has 108 valence electrons. The average molecular weight is 302 g/mol. The standard InChI is InChI=1S/C14H14N4O2S/c1-3-20-14(19)13-9(2)21-12(18-13)8-17-11-5-4-10(6-15)7-16-11/h4-5,7H,3,8H2,1-2H3,(H,16,17). The molecule has 0 aliphatic rings. The van der Waals surface area contributed by atoms with Gasteiger partial charge in [-0.2, -0.15) is 5.26 Å². The third kappa shape index (κ3) is 3.77. The minimum atomic E-state index is -0.394. The Balaban J connectivity index is 2.01. The van der Waals surface area contributed by atoms with Crippen molar-refractivity contribution in [2.24, 2.45) is 0 Å². The van der Waals surface area contributed by atoms with Crippen molar-refractivity contribution in [2.75, 3.05) is 11.9 Å². The molecule has 0 amide bonds. The lowest BCUT2D eigenvalue weighted by atomic mass is 10.3. The van der Waals surface area contributed by atoms with E-state index >= 15 is 0 Å². The maximum Gasteiger partial charge on any atom is 0.358 e. The summed E-state index contributed by atoms with van der Waals surface area (Å²) >= 11 is 1.44. The zero-order chi connectivity index (χ0) is 15.2. The van der Waals surface area contributed by atoms with Gasteiger partial charge in [0.1, 0.15) is 16.9 Å². The van der Waals surface area contributed by atoms with Crippen LogP contribution in [0.3, 0.4) is 0 Å². The number of nitrogens with one attached hydrogen (secondary N) is 1. The monoisotopic (exact) mass is 302 g/mol. The number of carbonyl (C=O) groups is 1. The first-order valence-electron chi connectivity index (χ1n) is 6.37. The number of anilines is 1. The van der Waals surface area contributed by atoms with Crippen LogP contribution in [0.5, 0.6) is 0 Å². The molecule has 0 radical (unpaired) electrons. The number of nitriles is 1. The third-order valence-corrected chi connectivity index (χ3v) is 3.59. The maximum atomic E-state index is 11.7. The molecule has 0 saturated carbocycles. The van der Waals surface area contributed by atoms with Crippen molar-refractivity contribution in [1.82, 2.24) is 9.97 Å². The summed E-state index contributed by atoms with van der Waals surface area (Å²) in [6, 6.07) is 5.43. The summed E-state index contributed by atoms with van der Waals surface area (Å²) < 4.78 is 4.95. The molecule has 1 N–H and O–H groups in total. The number of pyridine rings is 1. The first-order valence-corrected chi connectivity index (χ1v) is 7.19. The van der Waals surface area contributed by atoms with Crippen LogP contribution in [0.4, 0.5) is 5.82 Å². The molecule has 21 heavy (non-hydrogen) atoms. The van der Waals surface area contributed by atoms with Crippen molar-refractivity contribution in [3.8, 4) is 6.07 Å². The first kappa shape index (κ1) is 14.9. The Morgan fingerprint density at radius 1 is 1.52 bits per heavy atom. The van der Waals surface area contributed by atoms with Gasteiger partial charge in [-0.05, 0) is 26.0 Å². The van der Waals surface area contributed by atoms with E-state index < -0.39 is 5.97 Å². The van der Waals surface area contributed by atoms with Gasteiger partial charge in [0.15, 0.2) is 5.69 Å². The largest absolute Gasteiger partial charge is 0.461 e. The lowest BCUT2D eigenvalue weighted by Gasteiger charge is -2.02. The van der Waals surface area contributed by atoms with Gasteiger partial charge >= 0.3 is 5.97 Å². The van der Waals surface area contributed by atoms with Gasteiger partial charge in [0.05, 0.1) is 18.7 Å². The Morgan fingerprint density at radius 3 is 2.95 bits per heavy atom. The number of nitrogens with zero attached hydrogens (tertiary/aromatic N) is 3. The van der Waals surface area contributed by atoms with Gasteiger partial charge in [0.25, 0.3) is 0 Å². The summed E-state index contributed by atoms with van der Waals surface area (Å²) in [6.45, 7) is 4.40. The Bertz CT molecular complexity index is 673. The van der Waals surface area contributed by atoms with E-state index in [1.54, 1.807) is 19.1 Å². The SMILES string of the molecule is CCOC(=O)c1nc(CNc2ccc(C#N)cn2)sc1C. The minimum Gasteiger partial charge on any atom is -0.461 e. The summed E-state index contributed by atoms with van der Waals surface area (Å²) in [5.41, 5.74) is 0.877. The van der Waals surface area contributed by atoms with E-state index in [0.717, 1.165) is 9.88 Å². The van der Waals surface area contributed by atoms with Crippen molar-refractivity contribution in [2.45, 2.75) is 20.4 Å². The summed E-state index contributed by atoms with van der Waals surface area (Å²) in [5.74, 6) is 0.258. The van der Waals surface area contributed by atoms with Crippen LogP contribution in [-0.4, -0.2) is 22.5 Å². The molecule has 0 fully saturated rings. The van der Waals surface area contributed by atoms with Crippen LogP contribution in [0.25, 0.3) is 0 Å². The molecular formula is C14H14N4O2S. The molecule has 2 rings (SSSR count). The molecule has 0 bridgehead atoms. The predicted octanol–water partition coefficient (Wildman–Crippen LogP) is 2.51. The third-order valence-electron chi connectivity index (χ3n) is 2.62. The number of carbonyl (C=O) groups excluding carboxylic acids is 1. The van der Waals surface area contributed by atoms with E-state index in [0.29, 0.717) is 30.2 Å². The number of ether oxygens (including phenoxy) is 1. The fraction of sp³-hybridized carbons (Fsp3) is 0.286. The quantitative estimate of drug-likeness (QED) is 0.854. The van der Waals surface area contributed by atoms with Gasteiger partial charge in [-0.15, -0.1) is 11.3 Å². The maximum absolute atomic E-state index is 11.7. The zero-order valence-corrected chi connectivity index (χ0v) is 12.5. The molecule has 6 nitrogen and oxygen atoms in total. The molecule has 0 saturated heterocycles. The second-order valence-corrected chi connectivity index (χ2v) is 5.42. The van der Waals surface area contributed by atoms with Crippen LogP contribution < -0.4 is 5.32 Å². The molecule has 0 aliphatic carbocycles. The molecule has 7 heteroatoms. The second kappa shape index (κ2) is 6.81. The first-order chi connectivity index (χ1) is 10.1. The molecule has 0 aliphatic heterocycles. The van der Waals surface area contributed by atoms with Gasteiger partial charge in [0.2, 0.25) is 0 Å². The molecule has 2 heterocycles. The Morgan fingerprint density at radius 2 is 2.33 bits per heavy atom. The smallest absolute Gasteiger partial charge is 0.358 e. The van der Waals surface area contributed by atoms with Gasteiger partial charge in [-0.3, -0.25) is 0 Å². The van der Waals surface area contributed by atoms with Crippen molar-refractivity contribution in [1.29, 1.82) is 5.26 Å². The van der Waals surface area contributed by atoms with Gasteiger partial charge in [-0.1, -0.05) is 0 Å². The number of esters is 1. The normalized spacial score (nSPS) is 9.95. The molecule has 0 spiro atoms. The number of aryl methyl sites for hydroxylation is 1. The van der Waals surface area contributed by atoms with Gasteiger partial charge in [-0.25, -0.2) is 14.8 Å². The van der Waals surface area contributed by atoms with Crippen LogP contribution in [0.2, 0.25) is 0 Å².